The molecule has 5 aromatic rings. The van der Waals surface area contributed by atoms with Crippen molar-refractivity contribution >= 4 is 27.8 Å². The Morgan fingerprint density at radius 3 is 2.56 bits per heavy atom. The highest BCUT2D eigenvalue weighted by Crippen LogP contribution is 2.30. The minimum atomic E-state index is -0.274. The van der Waals surface area contributed by atoms with E-state index in [0.29, 0.717) is 10.2 Å². The zero-order valence-corrected chi connectivity index (χ0v) is 18.3. The number of thiophene rings is 1. The highest BCUT2D eigenvalue weighted by molar-refractivity contribution is 7.17. The van der Waals surface area contributed by atoms with E-state index in [0.717, 1.165) is 33.8 Å². The number of aryl methyl sites for hydroxylation is 1. The molecule has 3 aromatic heterocycles. The summed E-state index contributed by atoms with van der Waals surface area (Å²) in [5.74, 6) is -0.274. The predicted octanol–water partition coefficient (Wildman–Crippen LogP) is 5.55. The number of fused-ring (bicyclic) bond motifs is 1. The summed E-state index contributed by atoms with van der Waals surface area (Å²) in [6.45, 7) is 3.94. The van der Waals surface area contributed by atoms with Crippen molar-refractivity contribution in [3.05, 3.63) is 105 Å². The Morgan fingerprint density at radius 2 is 1.81 bits per heavy atom. The van der Waals surface area contributed by atoms with E-state index in [9.17, 15) is 9.18 Å². The van der Waals surface area contributed by atoms with Crippen molar-refractivity contribution in [2.75, 3.05) is 0 Å². The smallest absolute Gasteiger partial charge is 0.283 e. The van der Waals surface area contributed by atoms with E-state index in [4.69, 9.17) is 0 Å². The lowest BCUT2D eigenvalue weighted by molar-refractivity contribution is 0.627. The van der Waals surface area contributed by atoms with E-state index in [1.54, 1.807) is 18.3 Å². The Kier molecular flexibility index (Phi) is 5.03. The van der Waals surface area contributed by atoms with Crippen molar-refractivity contribution in [3.63, 3.8) is 0 Å². The van der Waals surface area contributed by atoms with Gasteiger partial charge in [-0.1, -0.05) is 30.3 Å². The molecule has 0 aliphatic carbocycles. The molecule has 0 saturated carbocycles. The molecule has 0 N–H and O–H groups in total. The second kappa shape index (κ2) is 8.01. The maximum Gasteiger partial charge on any atom is 0.283 e. The standard InChI is InChI=1S/C25H19FN4OS/c1-16-12-19(17(2)30(16)21-10-8-20(26)9-11-21)13-28-29-15-27-24-23(25(29)31)22(14-32-24)18-6-4-3-5-7-18/h3-15H,1-2H3. The van der Waals surface area contributed by atoms with Crippen LogP contribution in [-0.2, 0) is 0 Å². The number of hydrogen-bond acceptors (Lipinski definition) is 4. The van der Waals surface area contributed by atoms with Crippen molar-refractivity contribution in [3.8, 4) is 16.8 Å². The van der Waals surface area contributed by atoms with Crippen LogP contribution in [0.4, 0.5) is 4.39 Å². The second-order valence-corrected chi connectivity index (χ2v) is 8.33. The van der Waals surface area contributed by atoms with Crippen molar-refractivity contribution < 1.29 is 4.39 Å². The van der Waals surface area contributed by atoms with Crippen molar-refractivity contribution in [1.29, 1.82) is 0 Å². The van der Waals surface area contributed by atoms with Crippen LogP contribution in [0.3, 0.4) is 0 Å². The monoisotopic (exact) mass is 442 g/mol. The molecule has 0 radical (unpaired) electrons. The lowest BCUT2D eigenvalue weighted by Gasteiger charge is -2.09. The van der Waals surface area contributed by atoms with Crippen LogP contribution >= 0.6 is 11.3 Å². The van der Waals surface area contributed by atoms with Gasteiger partial charge in [-0.05, 0) is 49.7 Å². The maximum absolute atomic E-state index is 13.3. The number of benzene rings is 2. The van der Waals surface area contributed by atoms with Crippen LogP contribution in [0.1, 0.15) is 17.0 Å². The second-order valence-electron chi connectivity index (χ2n) is 7.47. The van der Waals surface area contributed by atoms with E-state index in [-0.39, 0.29) is 11.4 Å². The third kappa shape index (κ3) is 3.46. The number of halogens is 1. The molecule has 0 atom stereocenters. The molecule has 0 amide bonds. The molecule has 0 unspecified atom stereocenters. The molecule has 5 nitrogen and oxygen atoms in total. The Morgan fingerprint density at radius 1 is 1.06 bits per heavy atom. The average Bonchev–Trinajstić information content (AvgIpc) is 3.36. The Balaban J connectivity index is 1.55. The molecule has 158 valence electrons. The van der Waals surface area contributed by atoms with Gasteiger partial charge in [0.2, 0.25) is 0 Å². The lowest BCUT2D eigenvalue weighted by Crippen LogP contribution is -2.16. The molecule has 32 heavy (non-hydrogen) atoms. The van der Waals surface area contributed by atoms with Gasteiger partial charge in [-0.3, -0.25) is 4.79 Å². The first-order valence-electron chi connectivity index (χ1n) is 10.1. The third-order valence-corrected chi connectivity index (χ3v) is 6.33. The zero-order chi connectivity index (χ0) is 22.2. The van der Waals surface area contributed by atoms with Crippen LogP contribution in [-0.4, -0.2) is 20.4 Å². The van der Waals surface area contributed by atoms with Crippen molar-refractivity contribution in [2.45, 2.75) is 13.8 Å². The van der Waals surface area contributed by atoms with Gasteiger partial charge < -0.3 is 4.57 Å². The van der Waals surface area contributed by atoms with Crippen LogP contribution in [0.2, 0.25) is 0 Å². The van der Waals surface area contributed by atoms with Gasteiger partial charge in [-0.15, -0.1) is 11.3 Å². The molecule has 0 fully saturated rings. The molecule has 0 spiro atoms. The molecule has 7 heteroatoms. The summed E-state index contributed by atoms with van der Waals surface area (Å²) in [6.07, 6.45) is 3.11. The van der Waals surface area contributed by atoms with Crippen LogP contribution in [0.25, 0.3) is 27.0 Å². The summed E-state index contributed by atoms with van der Waals surface area (Å²) < 4.78 is 16.6. The molecular weight excluding hydrogens is 423 g/mol. The van der Waals surface area contributed by atoms with Crippen molar-refractivity contribution in [2.24, 2.45) is 5.10 Å². The zero-order valence-electron chi connectivity index (χ0n) is 17.5. The van der Waals surface area contributed by atoms with Gasteiger partial charge in [0.25, 0.3) is 5.56 Å². The summed E-state index contributed by atoms with van der Waals surface area (Å²) >= 11 is 1.45. The van der Waals surface area contributed by atoms with Gasteiger partial charge in [0.1, 0.15) is 17.0 Å². The van der Waals surface area contributed by atoms with E-state index in [1.165, 1.54) is 34.5 Å². The Hall–Kier alpha value is -3.84. The normalized spacial score (nSPS) is 11.6. The van der Waals surface area contributed by atoms with E-state index < -0.39 is 0 Å². The minimum Gasteiger partial charge on any atom is -0.318 e. The summed E-state index contributed by atoms with van der Waals surface area (Å²) in [7, 11) is 0. The van der Waals surface area contributed by atoms with E-state index in [1.807, 2.05) is 60.2 Å². The van der Waals surface area contributed by atoms with Gasteiger partial charge in [0.15, 0.2) is 0 Å². The largest absolute Gasteiger partial charge is 0.318 e. The third-order valence-electron chi connectivity index (χ3n) is 5.44. The van der Waals surface area contributed by atoms with E-state index >= 15 is 0 Å². The molecule has 0 saturated heterocycles. The fraction of sp³-hybridized carbons (Fsp3) is 0.0800. The quantitative estimate of drug-likeness (QED) is 0.343. The average molecular weight is 443 g/mol. The summed E-state index contributed by atoms with van der Waals surface area (Å²) in [5.41, 5.74) is 5.30. The minimum absolute atomic E-state index is 0.210. The van der Waals surface area contributed by atoms with Gasteiger partial charge in [0, 0.05) is 33.6 Å². The van der Waals surface area contributed by atoms with Crippen molar-refractivity contribution in [1.82, 2.24) is 14.2 Å². The van der Waals surface area contributed by atoms with Gasteiger partial charge >= 0.3 is 0 Å². The first kappa shape index (κ1) is 20.1. The van der Waals surface area contributed by atoms with Crippen LogP contribution < -0.4 is 5.56 Å². The Bertz CT molecular complexity index is 1510. The van der Waals surface area contributed by atoms with Crippen LogP contribution in [0.15, 0.2) is 82.3 Å². The first-order valence-corrected chi connectivity index (χ1v) is 10.9. The molecule has 2 aromatic carbocycles. The lowest BCUT2D eigenvalue weighted by atomic mass is 10.1. The molecule has 0 aliphatic rings. The number of nitrogens with zero attached hydrogens (tertiary/aromatic N) is 4. The SMILES string of the molecule is Cc1cc(C=Nn2cnc3scc(-c4ccccc4)c3c2=O)c(C)n1-c1ccc(F)cc1. The highest BCUT2D eigenvalue weighted by atomic mass is 32.1. The van der Waals surface area contributed by atoms with Crippen LogP contribution in [0.5, 0.6) is 0 Å². The first-order chi connectivity index (χ1) is 15.5. The topological polar surface area (TPSA) is 52.2 Å². The summed E-state index contributed by atoms with van der Waals surface area (Å²) in [4.78, 5) is 18.3. The number of rotatable bonds is 4. The maximum atomic E-state index is 13.3. The summed E-state index contributed by atoms with van der Waals surface area (Å²) in [6, 6.07) is 18.1. The van der Waals surface area contributed by atoms with Gasteiger partial charge in [-0.2, -0.15) is 9.78 Å². The van der Waals surface area contributed by atoms with Gasteiger partial charge in [-0.25, -0.2) is 9.37 Å². The molecule has 0 aliphatic heterocycles. The highest BCUT2D eigenvalue weighted by Gasteiger charge is 2.13. The summed E-state index contributed by atoms with van der Waals surface area (Å²) in [5, 5.41) is 6.94. The van der Waals surface area contributed by atoms with Crippen LogP contribution in [0, 0.1) is 19.7 Å². The Labute approximate surface area is 187 Å². The fourth-order valence-electron chi connectivity index (χ4n) is 3.87. The molecular formula is C25H19FN4OS. The van der Waals surface area contributed by atoms with E-state index in [2.05, 4.69) is 10.1 Å². The fourth-order valence-corrected chi connectivity index (χ4v) is 4.77. The molecule has 0 bridgehead atoms. The van der Waals surface area contributed by atoms with Gasteiger partial charge in [0.05, 0.1) is 11.6 Å². The molecule has 5 rings (SSSR count). The predicted molar refractivity (Wildman–Crippen MR) is 128 cm³/mol. The number of aromatic nitrogens is 3. The number of hydrogen-bond donors (Lipinski definition) is 0. The molecule has 3 heterocycles.